The molecule has 2 rings (SSSR count). The fraction of sp³-hybridized carbons (Fsp3) is 0.500. The van der Waals surface area contributed by atoms with Gasteiger partial charge in [0.15, 0.2) is 0 Å². The lowest BCUT2D eigenvalue weighted by atomic mass is 10.1. The van der Waals surface area contributed by atoms with Crippen molar-refractivity contribution in [1.29, 1.82) is 0 Å². The molecule has 1 saturated heterocycles. The van der Waals surface area contributed by atoms with Crippen LogP contribution in [0, 0.1) is 0 Å². The standard InChI is InChI=1S/C18H25N3O4/c1-12(20-13(2)22)18(25)21-11-15(23)10-16(21)17(24)19-9-8-14-6-4-3-5-7-14/h3-7,12,15-16,23H,8-11H2,1-2H3,(H,19,24)(H,20,22)/t12-,15?,16?/m1/s1. The van der Waals surface area contributed by atoms with Crippen LogP contribution < -0.4 is 10.6 Å². The maximum absolute atomic E-state index is 12.5. The first-order chi connectivity index (χ1) is 11.9. The van der Waals surface area contributed by atoms with Crippen molar-refractivity contribution in [2.75, 3.05) is 13.1 Å². The number of amides is 3. The summed E-state index contributed by atoms with van der Waals surface area (Å²) in [4.78, 5) is 37.4. The van der Waals surface area contributed by atoms with Crippen LogP contribution in [-0.2, 0) is 20.8 Å². The van der Waals surface area contributed by atoms with Gasteiger partial charge in [-0.15, -0.1) is 0 Å². The molecule has 0 bridgehead atoms. The molecule has 7 nitrogen and oxygen atoms in total. The monoisotopic (exact) mass is 347 g/mol. The van der Waals surface area contributed by atoms with Gasteiger partial charge in [-0.25, -0.2) is 0 Å². The molecule has 2 unspecified atom stereocenters. The van der Waals surface area contributed by atoms with Gasteiger partial charge >= 0.3 is 0 Å². The minimum Gasteiger partial charge on any atom is -0.391 e. The number of nitrogens with one attached hydrogen (secondary N) is 2. The number of β-amino-alcohol motifs (C(OH)–C–C–N with tert-alkyl or cyclic N) is 1. The molecule has 7 heteroatoms. The molecule has 1 aromatic carbocycles. The Hall–Kier alpha value is -2.41. The smallest absolute Gasteiger partial charge is 0.245 e. The van der Waals surface area contributed by atoms with E-state index in [0.717, 1.165) is 5.56 Å². The van der Waals surface area contributed by atoms with Gasteiger partial charge in [0.1, 0.15) is 12.1 Å². The van der Waals surface area contributed by atoms with Gasteiger partial charge in [0.2, 0.25) is 17.7 Å². The summed E-state index contributed by atoms with van der Waals surface area (Å²) in [6, 6.07) is 8.33. The highest BCUT2D eigenvalue weighted by molar-refractivity contribution is 5.92. The topological polar surface area (TPSA) is 98.7 Å². The first-order valence-corrected chi connectivity index (χ1v) is 8.45. The van der Waals surface area contributed by atoms with E-state index in [1.807, 2.05) is 30.3 Å². The van der Waals surface area contributed by atoms with Crippen molar-refractivity contribution in [2.24, 2.45) is 0 Å². The highest BCUT2D eigenvalue weighted by Gasteiger charge is 2.40. The van der Waals surface area contributed by atoms with Gasteiger partial charge < -0.3 is 20.6 Å². The molecule has 3 amide bonds. The first-order valence-electron chi connectivity index (χ1n) is 8.45. The molecule has 0 saturated carbocycles. The summed E-state index contributed by atoms with van der Waals surface area (Å²) in [5, 5.41) is 15.2. The van der Waals surface area contributed by atoms with Crippen molar-refractivity contribution < 1.29 is 19.5 Å². The second kappa shape index (κ2) is 8.62. The van der Waals surface area contributed by atoms with E-state index in [1.54, 1.807) is 6.92 Å². The Morgan fingerprint density at radius 1 is 1.28 bits per heavy atom. The molecule has 136 valence electrons. The minimum absolute atomic E-state index is 0.0968. The van der Waals surface area contributed by atoms with Crippen LogP contribution in [0.4, 0.5) is 0 Å². The molecule has 0 aromatic heterocycles. The Kier molecular flexibility index (Phi) is 6.52. The van der Waals surface area contributed by atoms with Crippen LogP contribution in [0.25, 0.3) is 0 Å². The lowest BCUT2D eigenvalue weighted by Gasteiger charge is -2.26. The third-order valence-electron chi connectivity index (χ3n) is 4.21. The van der Waals surface area contributed by atoms with Crippen molar-refractivity contribution in [3.63, 3.8) is 0 Å². The largest absolute Gasteiger partial charge is 0.391 e. The SMILES string of the molecule is CC(=O)N[C@H](C)C(=O)N1CC(O)CC1C(=O)NCCc1ccccc1. The van der Waals surface area contributed by atoms with Crippen molar-refractivity contribution in [3.8, 4) is 0 Å². The van der Waals surface area contributed by atoms with Crippen LogP contribution in [0.2, 0.25) is 0 Å². The molecular formula is C18H25N3O4. The number of rotatable bonds is 6. The van der Waals surface area contributed by atoms with E-state index in [2.05, 4.69) is 10.6 Å². The van der Waals surface area contributed by atoms with Gasteiger partial charge in [-0.05, 0) is 18.9 Å². The Bertz CT molecular complexity index is 620. The zero-order valence-electron chi connectivity index (χ0n) is 14.6. The summed E-state index contributed by atoms with van der Waals surface area (Å²) < 4.78 is 0. The average Bonchev–Trinajstić information content (AvgIpc) is 2.96. The van der Waals surface area contributed by atoms with E-state index in [-0.39, 0.29) is 30.7 Å². The molecular weight excluding hydrogens is 322 g/mol. The molecule has 1 aromatic rings. The number of aliphatic hydroxyl groups excluding tert-OH is 1. The predicted octanol–water partition coefficient (Wildman–Crippen LogP) is -0.168. The molecule has 0 aliphatic carbocycles. The van der Waals surface area contributed by atoms with E-state index >= 15 is 0 Å². The number of carbonyl (C=O) groups excluding carboxylic acids is 3. The number of benzene rings is 1. The van der Waals surface area contributed by atoms with Crippen molar-refractivity contribution >= 4 is 17.7 Å². The summed E-state index contributed by atoms with van der Waals surface area (Å²) in [6.07, 6.45) is 0.159. The number of nitrogens with zero attached hydrogens (tertiary/aromatic N) is 1. The van der Waals surface area contributed by atoms with Crippen LogP contribution in [0.1, 0.15) is 25.8 Å². The van der Waals surface area contributed by atoms with Crippen LogP contribution in [-0.4, -0.2) is 59.0 Å². The van der Waals surface area contributed by atoms with Gasteiger partial charge in [-0.1, -0.05) is 30.3 Å². The Balaban J connectivity index is 1.92. The molecule has 3 N–H and O–H groups in total. The number of hydrogen-bond donors (Lipinski definition) is 3. The summed E-state index contributed by atoms with van der Waals surface area (Å²) in [5.74, 6) is -0.963. The van der Waals surface area contributed by atoms with Crippen molar-refractivity contribution in [2.45, 2.75) is 44.9 Å². The van der Waals surface area contributed by atoms with Crippen LogP contribution in [0.3, 0.4) is 0 Å². The Labute approximate surface area is 147 Å². The zero-order valence-corrected chi connectivity index (χ0v) is 14.6. The van der Waals surface area contributed by atoms with E-state index in [9.17, 15) is 19.5 Å². The molecule has 0 spiro atoms. The van der Waals surface area contributed by atoms with Crippen LogP contribution >= 0.6 is 0 Å². The highest BCUT2D eigenvalue weighted by atomic mass is 16.3. The molecule has 1 heterocycles. The number of aliphatic hydroxyl groups is 1. The molecule has 1 fully saturated rings. The predicted molar refractivity (Wildman–Crippen MR) is 92.6 cm³/mol. The Morgan fingerprint density at radius 2 is 1.96 bits per heavy atom. The maximum atomic E-state index is 12.5. The van der Waals surface area contributed by atoms with Crippen LogP contribution in [0.5, 0.6) is 0 Å². The fourth-order valence-corrected chi connectivity index (χ4v) is 3.01. The normalized spacial score (nSPS) is 20.8. The third-order valence-corrected chi connectivity index (χ3v) is 4.21. The van der Waals surface area contributed by atoms with Gasteiger partial charge in [-0.2, -0.15) is 0 Å². The van der Waals surface area contributed by atoms with Gasteiger partial charge in [0.25, 0.3) is 0 Å². The van der Waals surface area contributed by atoms with Gasteiger partial charge in [0, 0.05) is 26.4 Å². The molecule has 0 radical (unpaired) electrons. The summed E-state index contributed by atoms with van der Waals surface area (Å²) >= 11 is 0. The second-order valence-electron chi connectivity index (χ2n) is 6.34. The molecule has 25 heavy (non-hydrogen) atoms. The molecule has 1 aliphatic rings. The molecule has 1 aliphatic heterocycles. The summed E-state index contributed by atoms with van der Waals surface area (Å²) in [5.41, 5.74) is 1.11. The molecule has 3 atom stereocenters. The zero-order chi connectivity index (χ0) is 18.4. The highest BCUT2D eigenvalue weighted by Crippen LogP contribution is 2.19. The fourth-order valence-electron chi connectivity index (χ4n) is 3.01. The van der Waals surface area contributed by atoms with E-state index < -0.39 is 18.2 Å². The van der Waals surface area contributed by atoms with E-state index in [0.29, 0.717) is 13.0 Å². The van der Waals surface area contributed by atoms with Crippen LogP contribution in [0.15, 0.2) is 30.3 Å². The van der Waals surface area contributed by atoms with Crippen molar-refractivity contribution in [3.05, 3.63) is 35.9 Å². The quantitative estimate of drug-likeness (QED) is 0.665. The number of hydrogen-bond acceptors (Lipinski definition) is 4. The lowest BCUT2D eigenvalue weighted by molar-refractivity contribution is -0.140. The number of likely N-dealkylation sites (tertiary alicyclic amines) is 1. The minimum atomic E-state index is -0.738. The van der Waals surface area contributed by atoms with Gasteiger partial charge in [0.05, 0.1) is 6.10 Å². The second-order valence-corrected chi connectivity index (χ2v) is 6.34. The lowest BCUT2D eigenvalue weighted by Crippen LogP contribution is -2.52. The average molecular weight is 347 g/mol. The summed E-state index contributed by atoms with van der Waals surface area (Å²) in [7, 11) is 0. The van der Waals surface area contributed by atoms with Gasteiger partial charge in [-0.3, -0.25) is 14.4 Å². The van der Waals surface area contributed by atoms with Crippen molar-refractivity contribution in [1.82, 2.24) is 15.5 Å². The van der Waals surface area contributed by atoms with E-state index in [1.165, 1.54) is 11.8 Å². The third kappa shape index (κ3) is 5.29. The Morgan fingerprint density at radius 3 is 2.60 bits per heavy atom. The first kappa shape index (κ1) is 18.9. The van der Waals surface area contributed by atoms with E-state index in [4.69, 9.17) is 0 Å². The number of carbonyl (C=O) groups is 3. The maximum Gasteiger partial charge on any atom is 0.245 e. The summed E-state index contributed by atoms with van der Waals surface area (Å²) in [6.45, 7) is 3.45.